The lowest BCUT2D eigenvalue weighted by Gasteiger charge is -2.17. The standard InChI is InChI=1S/C24H28N2O5/c1-15-6-7-18(12-16(15)2)22(29)25-13-21(28)31-14-20(27)17-8-10-19(11-9-17)26-23(30)24(3,4)5/h6-12H,13-14H2,1-5H3,(H,25,29)(H,26,30). The predicted octanol–water partition coefficient (Wildman–Crippen LogP) is 3.44. The van der Waals surface area contributed by atoms with Gasteiger partial charge in [-0.1, -0.05) is 26.8 Å². The Morgan fingerprint density at radius 1 is 0.871 bits per heavy atom. The summed E-state index contributed by atoms with van der Waals surface area (Å²) in [5.41, 5.74) is 2.88. The van der Waals surface area contributed by atoms with Gasteiger partial charge in [-0.3, -0.25) is 19.2 Å². The molecule has 0 radical (unpaired) electrons. The maximum atomic E-state index is 12.2. The number of benzene rings is 2. The molecule has 7 nitrogen and oxygen atoms in total. The Bertz CT molecular complexity index is 988. The van der Waals surface area contributed by atoms with Crippen LogP contribution in [0.25, 0.3) is 0 Å². The van der Waals surface area contributed by atoms with Gasteiger partial charge >= 0.3 is 5.97 Å². The molecule has 2 aromatic rings. The third-order valence-electron chi connectivity index (χ3n) is 4.67. The maximum Gasteiger partial charge on any atom is 0.325 e. The van der Waals surface area contributed by atoms with E-state index in [1.165, 1.54) is 0 Å². The van der Waals surface area contributed by atoms with Gasteiger partial charge < -0.3 is 15.4 Å². The molecule has 0 fully saturated rings. The molecule has 0 spiro atoms. The summed E-state index contributed by atoms with van der Waals surface area (Å²) in [7, 11) is 0. The lowest BCUT2D eigenvalue weighted by molar-refractivity contribution is -0.141. The fourth-order valence-electron chi connectivity index (χ4n) is 2.48. The third-order valence-corrected chi connectivity index (χ3v) is 4.67. The molecule has 164 valence electrons. The molecule has 2 rings (SSSR count). The molecule has 0 heterocycles. The molecule has 2 aromatic carbocycles. The molecular weight excluding hydrogens is 396 g/mol. The van der Waals surface area contributed by atoms with Crippen LogP contribution in [0.2, 0.25) is 0 Å². The average molecular weight is 424 g/mol. The Morgan fingerprint density at radius 3 is 2.06 bits per heavy atom. The summed E-state index contributed by atoms with van der Waals surface area (Å²) in [6, 6.07) is 11.6. The predicted molar refractivity (Wildman–Crippen MR) is 118 cm³/mol. The SMILES string of the molecule is Cc1ccc(C(=O)NCC(=O)OCC(=O)c2ccc(NC(=O)C(C)(C)C)cc2)cc1C. The highest BCUT2D eigenvalue weighted by molar-refractivity contribution is 6.00. The highest BCUT2D eigenvalue weighted by Crippen LogP contribution is 2.18. The van der Waals surface area contributed by atoms with Crippen molar-refractivity contribution in [3.63, 3.8) is 0 Å². The normalized spacial score (nSPS) is 10.9. The second-order valence-electron chi connectivity index (χ2n) is 8.35. The Kier molecular flexibility index (Phi) is 7.69. The second kappa shape index (κ2) is 10.0. The molecule has 0 unspecified atom stereocenters. The van der Waals surface area contributed by atoms with Gasteiger partial charge in [0.15, 0.2) is 12.4 Å². The minimum atomic E-state index is -0.709. The molecule has 0 saturated heterocycles. The lowest BCUT2D eigenvalue weighted by atomic mass is 9.95. The minimum absolute atomic E-state index is 0.136. The highest BCUT2D eigenvalue weighted by atomic mass is 16.5. The summed E-state index contributed by atoms with van der Waals surface area (Å²) in [5, 5.41) is 5.25. The summed E-state index contributed by atoms with van der Waals surface area (Å²) in [6.45, 7) is 8.48. The van der Waals surface area contributed by atoms with Crippen LogP contribution < -0.4 is 10.6 Å². The van der Waals surface area contributed by atoms with Crippen LogP contribution in [0.4, 0.5) is 5.69 Å². The second-order valence-corrected chi connectivity index (χ2v) is 8.35. The maximum absolute atomic E-state index is 12.2. The van der Waals surface area contributed by atoms with Crippen molar-refractivity contribution in [2.75, 3.05) is 18.5 Å². The number of ketones is 1. The van der Waals surface area contributed by atoms with Crippen molar-refractivity contribution in [2.45, 2.75) is 34.6 Å². The molecule has 7 heteroatoms. The molecule has 0 aliphatic carbocycles. The number of ether oxygens (including phenoxy) is 1. The number of carbonyl (C=O) groups excluding carboxylic acids is 4. The van der Waals surface area contributed by atoms with Gasteiger partial charge in [-0.25, -0.2) is 0 Å². The van der Waals surface area contributed by atoms with Crippen molar-refractivity contribution in [3.8, 4) is 0 Å². The molecule has 0 aliphatic heterocycles. The Balaban J connectivity index is 1.81. The van der Waals surface area contributed by atoms with Crippen molar-refractivity contribution in [1.29, 1.82) is 0 Å². The fraction of sp³-hybridized carbons (Fsp3) is 0.333. The van der Waals surface area contributed by atoms with Crippen molar-refractivity contribution in [2.24, 2.45) is 5.41 Å². The van der Waals surface area contributed by atoms with Crippen molar-refractivity contribution in [1.82, 2.24) is 5.32 Å². The number of hydrogen-bond donors (Lipinski definition) is 2. The van der Waals surface area contributed by atoms with Crippen LogP contribution in [-0.4, -0.2) is 36.7 Å². The van der Waals surface area contributed by atoms with Gasteiger partial charge in [-0.05, 0) is 61.4 Å². The van der Waals surface area contributed by atoms with E-state index in [0.717, 1.165) is 11.1 Å². The zero-order chi connectivity index (χ0) is 23.2. The summed E-state index contributed by atoms with van der Waals surface area (Å²) in [4.78, 5) is 48.2. The van der Waals surface area contributed by atoms with E-state index in [1.54, 1.807) is 57.2 Å². The van der Waals surface area contributed by atoms with E-state index in [2.05, 4.69) is 10.6 Å². The van der Waals surface area contributed by atoms with Gasteiger partial charge in [-0.2, -0.15) is 0 Å². The smallest absolute Gasteiger partial charge is 0.325 e. The molecule has 0 aliphatic rings. The zero-order valence-corrected chi connectivity index (χ0v) is 18.5. The molecule has 2 N–H and O–H groups in total. The molecule has 0 atom stereocenters. The van der Waals surface area contributed by atoms with E-state index in [-0.39, 0.29) is 24.1 Å². The Hall–Kier alpha value is -3.48. The first-order chi connectivity index (χ1) is 14.5. The summed E-state index contributed by atoms with van der Waals surface area (Å²) < 4.78 is 4.95. The van der Waals surface area contributed by atoms with E-state index >= 15 is 0 Å². The molecule has 31 heavy (non-hydrogen) atoms. The van der Waals surface area contributed by atoms with Crippen LogP contribution in [0.15, 0.2) is 42.5 Å². The first-order valence-corrected chi connectivity index (χ1v) is 9.93. The van der Waals surface area contributed by atoms with Gasteiger partial charge in [0, 0.05) is 22.2 Å². The van der Waals surface area contributed by atoms with Gasteiger partial charge in [0.2, 0.25) is 5.91 Å². The lowest BCUT2D eigenvalue weighted by Crippen LogP contribution is -2.31. The number of aryl methyl sites for hydroxylation is 2. The summed E-state index contributed by atoms with van der Waals surface area (Å²) in [5.74, 6) is -1.62. The minimum Gasteiger partial charge on any atom is -0.456 e. The number of esters is 1. The van der Waals surface area contributed by atoms with Crippen LogP contribution in [0, 0.1) is 19.3 Å². The van der Waals surface area contributed by atoms with Crippen LogP contribution in [0.5, 0.6) is 0 Å². The molecule has 0 saturated carbocycles. The first-order valence-electron chi connectivity index (χ1n) is 9.93. The zero-order valence-electron chi connectivity index (χ0n) is 18.5. The topological polar surface area (TPSA) is 102 Å². The van der Waals surface area contributed by atoms with Gasteiger partial charge in [-0.15, -0.1) is 0 Å². The highest BCUT2D eigenvalue weighted by Gasteiger charge is 2.21. The number of rotatable bonds is 7. The van der Waals surface area contributed by atoms with Gasteiger partial charge in [0.25, 0.3) is 5.91 Å². The molecule has 2 amide bonds. The van der Waals surface area contributed by atoms with Crippen molar-refractivity contribution in [3.05, 3.63) is 64.7 Å². The van der Waals surface area contributed by atoms with E-state index in [4.69, 9.17) is 4.74 Å². The third kappa shape index (κ3) is 7.06. The monoisotopic (exact) mass is 424 g/mol. The van der Waals surface area contributed by atoms with Crippen LogP contribution >= 0.6 is 0 Å². The van der Waals surface area contributed by atoms with Crippen LogP contribution in [-0.2, 0) is 14.3 Å². The van der Waals surface area contributed by atoms with Crippen molar-refractivity contribution >= 4 is 29.3 Å². The fourth-order valence-corrected chi connectivity index (χ4v) is 2.48. The number of amides is 2. The molecule has 0 aromatic heterocycles. The van der Waals surface area contributed by atoms with E-state index in [9.17, 15) is 19.2 Å². The summed E-state index contributed by atoms with van der Waals surface area (Å²) in [6.07, 6.45) is 0. The van der Waals surface area contributed by atoms with Crippen molar-refractivity contribution < 1.29 is 23.9 Å². The quantitative estimate of drug-likeness (QED) is 0.524. The molecule has 0 bridgehead atoms. The van der Waals surface area contributed by atoms with Crippen LogP contribution in [0.3, 0.4) is 0 Å². The van der Waals surface area contributed by atoms with Gasteiger partial charge in [0.1, 0.15) is 6.54 Å². The van der Waals surface area contributed by atoms with E-state index in [0.29, 0.717) is 16.8 Å². The number of carbonyl (C=O) groups is 4. The van der Waals surface area contributed by atoms with Gasteiger partial charge in [0.05, 0.1) is 0 Å². The van der Waals surface area contributed by atoms with E-state index in [1.807, 2.05) is 19.9 Å². The largest absolute Gasteiger partial charge is 0.456 e. The number of nitrogens with one attached hydrogen (secondary N) is 2. The average Bonchev–Trinajstić information content (AvgIpc) is 2.72. The first kappa shape index (κ1) is 23.8. The van der Waals surface area contributed by atoms with E-state index < -0.39 is 18.0 Å². The number of anilines is 1. The molecular formula is C24H28N2O5. The Morgan fingerprint density at radius 2 is 1.48 bits per heavy atom. The summed E-state index contributed by atoms with van der Waals surface area (Å²) >= 11 is 0. The number of hydrogen-bond acceptors (Lipinski definition) is 5. The van der Waals surface area contributed by atoms with Crippen LogP contribution in [0.1, 0.15) is 52.6 Å². The Labute approximate surface area is 182 Å². The number of Topliss-reactive ketones (excluding diaryl/α,β-unsaturated/α-hetero) is 1.